The van der Waals surface area contributed by atoms with Gasteiger partial charge in [-0.3, -0.25) is 0 Å². The molecule has 2 N–H and O–H groups in total. The zero-order valence-corrected chi connectivity index (χ0v) is 22.1. The normalized spacial score (nSPS) is 12.7. The third-order valence-corrected chi connectivity index (χ3v) is 7.39. The molecule has 178 valence electrons. The Hall–Kier alpha value is -2.33. The number of anilines is 1. The lowest BCUT2D eigenvalue weighted by Crippen LogP contribution is -2.33. The SMILES string of the molecule is Cc1ccc2scc(C(CCC(C)C)CNC(=O)Nc3c(C(C)C)cccc3C(C)C)c2c1. The second-order valence-electron chi connectivity index (χ2n) is 10.3. The highest BCUT2D eigenvalue weighted by atomic mass is 32.1. The molecule has 1 atom stereocenters. The summed E-state index contributed by atoms with van der Waals surface area (Å²) in [6, 6.07) is 12.9. The Bertz CT molecular complexity index is 1050. The van der Waals surface area contributed by atoms with Gasteiger partial charge in [-0.1, -0.05) is 83.9 Å². The van der Waals surface area contributed by atoms with Crippen LogP contribution in [0.25, 0.3) is 10.1 Å². The quantitative estimate of drug-likeness (QED) is 0.326. The fourth-order valence-electron chi connectivity index (χ4n) is 4.45. The maximum Gasteiger partial charge on any atom is 0.319 e. The van der Waals surface area contributed by atoms with Crippen molar-refractivity contribution in [2.45, 2.75) is 79.1 Å². The fourth-order valence-corrected chi connectivity index (χ4v) is 5.47. The Balaban J connectivity index is 1.80. The van der Waals surface area contributed by atoms with Crippen molar-refractivity contribution in [1.82, 2.24) is 5.32 Å². The largest absolute Gasteiger partial charge is 0.337 e. The van der Waals surface area contributed by atoms with Gasteiger partial charge in [0.1, 0.15) is 0 Å². The second-order valence-corrected chi connectivity index (χ2v) is 11.2. The van der Waals surface area contributed by atoms with Crippen LogP contribution >= 0.6 is 11.3 Å². The van der Waals surface area contributed by atoms with Crippen LogP contribution in [0.3, 0.4) is 0 Å². The molecule has 0 aliphatic heterocycles. The number of hydrogen-bond acceptors (Lipinski definition) is 2. The molecular weight excluding hydrogens is 424 g/mol. The molecule has 2 aromatic carbocycles. The minimum Gasteiger partial charge on any atom is -0.337 e. The van der Waals surface area contributed by atoms with E-state index >= 15 is 0 Å². The molecule has 1 aromatic heterocycles. The van der Waals surface area contributed by atoms with E-state index in [1.165, 1.54) is 32.3 Å². The van der Waals surface area contributed by atoms with Crippen LogP contribution < -0.4 is 10.6 Å². The van der Waals surface area contributed by atoms with Gasteiger partial charge in [-0.05, 0) is 64.6 Å². The summed E-state index contributed by atoms with van der Waals surface area (Å²) in [4.78, 5) is 13.1. The molecule has 3 rings (SSSR count). The minimum atomic E-state index is -0.115. The van der Waals surface area contributed by atoms with Crippen molar-refractivity contribution in [3.05, 3.63) is 64.0 Å². The van der Waals surface area contributed by atoms with Crippen LogP contribution in [-0.4, -0.2) is 12.6 Å². The van der Waals surface area contributed by atoms with Gasteiger partial charge in [0.2, 0.25) is 0 Å². The maximum absolute atomic E-state index is 13.1. The fraction of sp³-hybridized carbons (Fsp3) is 0.483. The molecule has 0 saturated carbocycles. The number of thiophene rings is 1. The van der Waals surface area contributed by atoms with Gasteiger partial charge in [-0.2, -0.15) is 0 Å². The Labute approximate surface area is 204 Å². The van der Waals surface area contributed by atoms with Crippen LogP contribution in [0.2, 0.25) is 0 Å². The Morgan fingerprint density at radius 3 is 2.18 bits per heavy atom. The lowest BCUT2D eigenvalue weighted by atomic mass is 9.90. The molecule has 0 fully saturated rings. The number of benzene rings is 2. The number of rotatable bonds is 9. The van der Waals surface area contributed by atoms with Crippen molar-refractivity contribution in [2.24, 2.45) is 5.92 Å². The molecule has 0 spiro atoms. The highest BCUT2D eigenvalue weighted by Gasteiger charge is 2.20. The molecule has 3 nitrogen and oxygen atoms in total. The van der Waals surface area contributed by atoms with Gasteiger partial charge in [-0.15, -0.1) is 11.3 Å². The van der Waals surface area contributed by atoms with Gasteiger partial charge in [0.15, 0.2) is 0 Å². The maximum atomic E-state index is 13.1. The molecule has 0 saturated heterocycles. The molecule has 2 amide bonds. The number of amides is 2. The van der Waals surface area contributed by atoms with Gasteiger partial charge >= 0.3 is 6.03 Å². The zero-order chi connectivity index (χ0) is 24.1. The summed E-state index contributed by atoms with van der Waals surface area (Å²) in [6.45, 7) is 16.0. The number of carbonyl (C=O) groups is 1. The summed E-state index contributed by atoms with van der Waals surface area (Å²) in [7, 11) is 0. The summed E-state index contributed by atoms with van der Waals surface area (Å²) in [5, 5.41) is 10.0. The monoisotopic (exact) mass is 464 g/mol. The Kier molecular flexibility index (Phi) is 8.58. The van der Waals surface area contributed by atoms with E-state index in [1.54, 1.807) is 11.3 Å². The van der Waals surface area contributed by atoms with Crippen molar-refractivity contribution in [2.75, 3.05) is 11.9 Å². The summed E-state index contributed by atoms with van der Waals surface area (Å²) < 4.78 is 1.32. The first-order valence-electron chi connectivity index (χ1n) is 12.3. The number of fused-ring (bicyclic) bond motifs is 1. The first-order valence-corrected chi connectivity index (χ1v) is 13.2. The summed E-state index contributed by atoms with van der Waals surface area (Å²) in [6.07, 6.45) is 2.21. The van der Waals surface area contributed by atoms with Gasteiger partial charge in [0.05, 0.1) is 0 Å². The van der Waals surface area contributed by atoms with Gasteiger partial charge in [0.25, 0.3) is 0 Å². The van der Waals surface area contributed by atoms with E-state index in [9.17, 15) is 4.79 Å². The van der Waals surface area contributed by atoms with Crippen molar-refractivity contribution in [1.29, 1.82) is 0 Å². The lowest BCUT2D eigenvalue weighted by molar-refractivity contribution is 0.251. The average Bonchev–Trinajstić information content (AvgIpc) is 3.16. The number of nitrogens with one attached hydrogen (secondary N) is 2. The molecule has 33 heavy (non-hydrogen) atoms. The summed E-state index contributed by atoms with van der Waals surface area (Å²) in [5.74, 6) is 1.63. The van der Waals surface area contributed by atoms with E-state index in [1.807, 2.05) is 0 Å². The predicted octanol–water partition coefficient (Wildman–Crippen LogP) is 8.80. The molecular formula is C29H40N2OS. The van der Waals surface area contributed by atoms with Crippen molar-refractivity contribution in [3.63, 3.8) is 0 Å². The second kappa shape index (κ2) is 11.2. The van der Waals surface area contributed by atoms with Crippen LogP contribution in [-0.2, 0) is 0 Å². The lowest BCUT2D eigenvalue weighted by Gasteiger charge is -2.22. The van der Waals surface area contributed by atoms with Gasteiger partial charge in [-0.25, -0.2) is 4.79 Å². The Morgan fingerprint density at radius 1 is 0.909 bits per heavy atom. The van der Waals surface area contributed by atoms with Crippen LogP contribution in [0.1, 0.15) is 94.4 Å². The van der Waals surface area contributed by atoms with Crippen LogP contribution in [0, 0.1) is 12.8 Å². The highest BCUT2D eigenvalue weighted by molar-refractivity contribution is 7.17. The standard InChI is InChI=1S/C29H40N2OS/c1-18(2)11-13-22(26-17-33-27-14-12-21(7)15-25(26)27)16-30-29(32)31-28-23(19(3)4)9-8-10-24(28)20(5)6/h8-10,12,14-15,17-20,22H,11,13,16H2,1-7H3,(H2,30,31,32). The highest BCUT2D eigenvalue weighted by Crippen LogP contribution is 2.35. The van der Waals surface area contributed by atoms with Gasteiger partial charge in [0, 0.05) is 22.8 Å². The Morgan fingerprint density at radius 2 is 1.58 bits per heavy atom. The van der Waals surface area contributed by atoms with Crippen LogP contribution in [0.15, 0.2) is 41.8 Å². The molecule has 0 bridgehead atoms. The zero-order valence-electron chi connectivity index (χ0n) is 21.3. The molecule has 1 heterocycles. The number of aryl methyl sites for hydroxylation is 1. The number of para-hydroxylation sites is 1. The molecule has 4 heteroatoms. The molecule has 0 aliphatic rings. The van der Waals surface area contributed by atoms with E-state index in [0.717, 1.165) is 18.5 Å². The third-order valence-electron chi connectivity index (χ3n) is 6.41. The molecule has 0 radical (unpaired) electrons. The first-order chi connectivity index (χ1) is 15.7. The van der Waals surface area contributed by atoms with Crippen LogP contribution in [0.4, 0.5) is 10.5 Å². The number of carbonyl (C=O) groups excluding carboxylic acids is 1. The van der Waals surface area contributed by atoms with Crippen molar-refractivity contribution >= 4 is 33.1 Å². The van der Waals surface area contributed by atoms with E-state index < -0.39 is 0 Å². The van der Waals surface area contributed by atoms with Crippen molar-refractivity contribution in [3.8, 4) is 0 Å². The smallest absolute Gasteiger partial charge is 0.319 e. The summed E-state index contributed by atoms with van der Waals surface area (Å²) in [5.41, 5.74) is 5.99. The first kappa shape index (κ1) is 25.3. The average molecular weight is 465 g/mol. The molecule has 3 aromatic rings. The summed E-state index contributed by atoms with van der Waals surface area (Å²) >= 11 is 1.80. The van der Waals surface area contributed by atoms with Crippen LogP contribution in [0.5, 0.6) is 0 Å². The van der Waals surface area contributed by atoms with Gasteiger partial charge < -0.3 is 10.6 Å². The van der Waals surface area contributed by atoms with E-state index in [2.05, 4.69) is 101 Å². The van der Waals surface area contributed by atoms with E-state index in [-0.39, 0.29) is 6.03 Å². The number of urea groups is 1. The predicted molar refractivity (Wildman–Crippen MR) is 145 cm³/mol. The minimum absolute atomic E-state index is 0.115. The topological polar surface area (TPSA) is 41.1 Å². The number of hydrogen-bond donors (Lipinski definition) is 2. The van der Waals surface area contributed by atoms with Crippen molar-refractivity contribution < 1.29 is 4.79 Å². The van der Waals surface area contributed by atoms with E-state index in [4.69, 9.17) is 0 Å². The molecule has 0 aliphatic carbocycles. The third kappa shape index (κ3) is 6.38. The molecule has 1 unspecified atom stereocenters. The van der Waals surface area contributed by atoms with E-state index in [0.29, 0.717) is 30.2 Å².